The molecule has 1 aromatic heterocycles. The third-order valence-electron chi connectivity index (χ3n) is 4.01. The summed E-state index contributed by atoms with van der Waals surface area (Å²) < 4.78 is 15.6. The molecule has 29 heavy (non-hydrogen) atoms. The minimum absolute atomic E-state index is 0.142. The van der Waals surface area contributed by atoms with Crippen molar-refractivity contribution in [3.63, 3.8) is 0 Å². The van der Waals surface area contributed by atoms with E-state index >= 15 is 0 Å². The van der Waals surface area contributed by atoms with Gasteiger partial charge in [-0.05, 0) is 30.7 Å². The molecule has 0 bridgehead atoms. The molecule has 1 aliphatic heterocycles. The van der Waals surface area contributed by atoms with E-state index < -0.39 is 23.9 Å². The number of carbonyl (C=O) groups is 3. The third kappa shape index (κ3) is 5.05. The molecule has 0 aliphatic carbocycles. The summed E-state index contributed by atoms with van der Waals surface area (Å²) in [6, 6.07) is 6.69. The van der Waals surface area contributed by atoms with Crippen molar-refractivity contribution >= 4 is 39.8 Å². The van der Waals surface area contributed by atoms with Gasteiger partial charge in [0.1, 0.15) is 4.88 Å². The summed E-state index contributed by atoms with van der Waals surface area (Å²) in [5, 5.41) is 5.98. The van der Waals surface area contributed by atoms with Crippen molar-refractivity contribution < 1.29 is 28.6 Å². The summed E-state index contributed by atoms with van der Waals surface area (Å²) in [6.45, 7) is 6.85. The summed E-state index contributed by atoms with van der Waals surface area (Å²) in [7, 11) is 0. The van der Waals surface area contributed by atoms with Crippen LogP contribution < -0.4 is 20.1 Å². The van der Waals surface area contributed by atoms with Crippen molar-refractivity contribution in [2.45, 2.75) is 27.7 Å². The number of hydrogen-bond acceptors (Lipinski definition) is 7. The maximum atomic E-state index is 12.3. The molecule has 3 rings (SSSR count). The Morgan fingerprint density at radius 2 is 1.83 bits per heavy atom. The van der Waals surface area contributed by atoms with E-state index in [0.29, 0.717) is 32.6 Å². The van der Waals surface area contributed by atoms with E-state index in [9.17, 15) is 14.4 Å². The number of amides is 2. The average Bonchev–Trinajstić information content (AvgIpc) is 3.24. The lowest BCUT2D eigenvalue weighted by atomic mass is 9.96. The van der Waals surface area contributed by atoms with Gasteiger partial charge in [0.15, 0.2) is 18.1 Å². The highest BCUT2D eigenvalue weighted by atomic mass is 32.1. The van der Waals surface area contributed by atoms with E-state index in [1.165, 1.54) is 0 Å². The Hall–Kier alpha value is -3.07. The molecule has 2 N–H and O–H groups in total. The zero-order valence-electron chi connectivity index (χ0n) is 16.6. The van der Waals surface area contributed by atoms with E-state index in [1.54, 1.807) is 52.0 Å². The number of hydrogen-bond donors (Lipinski definition) is 2. The monoisotopic (exact) mass is 418 g/mol. The Balaban J connectivity index is 1.55. The zero-order valence-corrected chi connectivity index (χ0v) is 17.4. The van der Waals surface area contributed by atoms with Gasteiger partial charge in [0, 0.05) is 17.2 Å². The third-order valence-corrected chi connectivity index (χ3v) is 5.14. The van der Waals surface area contributed by atoms with Crippen LogP contribution in [0.25, 0.3) is 0 Å². The molecule has 9 heteroatoms. The van der Waals surface area contributed by atoms with Gasteiger partial charge < -0.3 is 24.8 Å². The second kappa shape index (κ2) is 8.12. The Labute approximate surface area is 172 Å². The highest BCUT2D eigenvalue weighted by Crippen LogP contribution is 2.34. The van der Waals surface area contributed by atoms with Gasteiger partial charge in [-0.15, -0.1) is 11.3 Å². The predicted octanol–water partition coefficient (Wildman–Crippen LogP) is 3.57. The van der Waals surface area contributed by atoms with Crippen molar-refractivity contribution in [2.24, 2.45) is 5.41 Å². The Bertz CT molecular complexity index is 960. The summed E-state index contributed by atoms with van der Waals surface area (Å²) >= 11 is 1.11. The maximum Gasteiger partial charge on any atom is 0.349 e. The Morgan fingerprint density at radius 1 is 1.10 bits per heavy atom. The topological polar surface area (TPSA) is 103 Å². The minimum Gasteiger partial charge on any atom is -0.454 e. The lowest BCUT2D eigenvalue weighted by Gasteiger charge is -2.16. The van der Waals surface area contributed by atoms with E-state index in [4.69, 9.17) is 14.2 Å². The summed E-state index contributed by atoms with van der Waals surface area (Å²) in [4.78, 5) is 36.8. The van der Waals surface area contributed by atoms with Crippen LogP contribution in [-0.4, -0.2) is 31.2 Å². The number of carbonyl (C=O) groups excluding carboxylic acids is 3. The molecular formula is C20H22N2O6S. The van der Waals surface area contributed by atoms with Gasteiger partial charge in [-0.1, -0.05) is 20.8 Å². The Kier molecular flexibility index (Phi) is 5.78. The summed E-state index contributed by atoms with van der Waals surface area (Å²) in [5.74, 6) is -0.102. The zero-order chi connectivity index (χ0) is 21.2. The van der Waals surface area contributed by atoms with Crippen LogP contribution in [0.1, 0.15) is 36.0 Å². The second-order valence-corrected chi connectivity index (χ2v) is 8.57. The van der Waals surface area contributed by atoms with Crippen molar-refractivity contribution in [2.75, 3.05) is 24.0 Å². The smallest absolute Gasteiger partial charge is 0.349 e. The van der Waals surface area contributed by atoms with Gasteiger partial charge in [0.2, 0.25) is 12.7 Å². The van der Waals surface area contributed by atoms with Crippen molar-refractivity contribution in [3.8, 4) is 11.5 Å². The molecule has 8 nitrogen and oxygen atoms in total. The summed E-state index contributed by atoms with van der Waals surface area (Å²) in [6.07, 6.45) is 0. The van der Waals surface area contributed by atoms with Gasteiger partial charge in [-0.2, -0.15) is 0 Å². The van der Waals surface area contributed by atoms with Crippen molar-refractivity contribution in [1.82, 2.24) is 0 Å². The molecule has 1 aromatic carbocycles. The van der Waals surface area contributed by atoms with Crippen LogP contribution in [0.3, 0.4) is 0 Å². The number of rotatable bonds is 5. The second-order valence-electron chi connectivity index (χ2n) is 7.52. The first-order valence-corrected chi connectivity index (χ1v) is 9.73. The molecular weight excluding hydrogens is 396 g/mol. The predicted molar refractivity (Wildman–Crippen MR) is 109 cm³/mol. The molecule has 0 atom stereocenters. The lowest BCUT2D eigenvalue weighted by molar-refractivity contribution is -0.123. The quantitative estimate of drug-likeness (QED) is 0.720. The van der Waals surface area contributed by atoms with E-state index in [1.807, 2.05) is 0 Å². The number of ether oxygens (including phenoxy) is 3. The first-order valence-electron chi connectivity index (χ1n) is 8.92. The number of esters is 1. The molecule has 154 valence electrons. The Morgan fingerprint density at radius 3 is 2.55 bits per heavy atom. The molecule has 0 spiro atoms. The van der Waals surface area contributed by atoms with Crippen molar-refractivity contribution in [3.05, 3.63) is 34.7 Å². The highest BCUT2D eigenvalue weighted by Gasteiger charge is 2.23. The highest BCUT2D eigenvalue weighted by molar-refractivity contribution is 7.18. The fourth-order valence-corrected chi connectivity index (χ4v) is 3.38. The molecule has 2 aromatic rings. The van der Waals surface area contributed by atoms with Gasteiger partial charge >= 0.3 is 5.97 Å². The van der Waals surface area contributed by atoms with Crippen LogP contribution in [0.15, 0.2) is 24.3 Å². The number of anilines is 2. The molecule has 2 heterocycles. The van der Waals surface area contributed by atoms with Crippen LogP contribution in [0.4, 0.5) is 10.7 Å². The van der Waals surface area contributed by atoms with Crippen LogP contribution in [-0.2, 0) is 14.3 Å². The van der Waals surface area contributed by atoms with Gasteiger partial charge in [0.05, 0.1) is 5.00 Å². The minimum atomic E-state index is -0.621. The molecule has 0 saturated carbocycles. The van der Waals surface area contributed by atoms with Crippen LogP contribution in [0, 0.1) is 12.3 Å². The number of benzene rings is 1. The lowest BCUT2D eigenvalue weighted by Crippen LogP contribution is -2.27. The molecule has 0 fully saturated rings. The largest absolute Gasteiger partial charge is 0.454 e. The van der Waals surface area contributed by atoms with Gasteiger partial charge in [-0.3, -0.25) is 9.59 Å². The van der Waals surface area contributed by atoms with Crippen LogP contribution >= 0.6 is 11.3 Å². The maximum absolute atomic E-state index is 12.3. The molecule has 0 radical (unpaired) electrons. The number of aryl methyl sites for hydroxylation is 1. The van der Waals surface area contributed by atoms with Crippen LogP contribution in [0.2, 0.25) is 0 Å². The van der Waals surface area contributed by atoms with Gasteiger partial charge in [-0.25, -0.2) is 4.79 Å². The fourth-order valence-electron chi connectivity index (χ4n) is 2.41. The summed E-state index contributed by atoms with van der Waals surface area (Å²) in [5.41, 5.74) is 0.626. The fraction of sp³-hybridized carbons (Fsp3) is 0.350. The average molecular weight is 418 g/mol. The molecule has 2 amide bonds. The normalized spacial score (nSPS) is 12.4. The van der Waals surface area contributed by atoms with Crippen LogP contribution in [0.5, 0.6) is 11.5 Å². The standard InChI is InChI=1S/C20H22N2O6S/c1-11-7-16(22-19(25)20(2,3)4)29-17(11)18(24)26-9-15(23)21-12-5-6-13-14(8-12)28-10-27-13/h5-8H,9-10H2,1-4H3,(H,21,23)(H,22,25). The van der Waals surface area contributed by atoms with E-state index in [2.05, 4.69) is 10.6 Å². The van der Waals surface area contributed by atoms with E-state index in [-0.39, 0.29) is 12.7 Å². The molecule has 0 saturated heterocycles. The van der Waals surface area contributed by atoms with Crippen molar-refractivity contribution in [1.29, 1.82) is 0 Å². The van der Waals surface area contributed by atoms with Gasteiger partial charge in [0.25, 0.3) is 5.91 Å². The number of nitrogens with one attached hydrogen (secondary N) is 2. The molecule has 0 unspecified atom stereocenters. The SMILES string of the molecule is Cc1cc(NC(=O)C(C)(C)C)sc1C(=O)OCC(=O)Nc1ccc2c(c1)OCO2. The first-order chi connectivity index (χ1) is 13.6. The first kappa shape index (κ1) is 20.7. The molecule has 1 aliphatic rings. The number of thiophene rings is 1. The van der Waals surface area contributed by atoms with E-state index in [0.717, 1.165) is 11.3 Å². The number of fused-ring (bicyclic) bond motifs is 1.